The zero-order valence-electron chi connectivity index (χ0n) is 17.2. The van der Waals surface area contributed by atoms with Crippen LogP contribution < -0.4 is 10.9 Å². The number of rotatable bonds is 6. The first-order valence-corrected chi connectivity index (χ1v) is 10.1. The van der Waals surface area contributed by atoms with Crippen molar-refractivity contribution in [2.75, 3.05) is 0 Å². The first-order valence-electron chi connectivity index (χ1n) is 10.1. The van der Waals surface area contributed by atoms with Crippen molar-refractivity contribution < 1.29 is 14.0 Å². The van der Waals surface area contributed by atoms with E-state index in [-0.39, 0.29) is 18.1 Å². The van der Waals surface area contributed by atoms with E-state index in [2.05, 4.69) is 16.0 Å². The Labute approximate surface area is 184 Å². The number of halogens is 1. The summed E-state index contributed by atoms with van der Waals surface area (Å²) >= 11 is 0. The highest BCUT2D eigenvalue weighted by Gasteiger charge is 2.19. The van der Waals surface area contributed by atoms with Crippen molar-refractivity contribution >= 4 is 11.8 Å². The number of amides is 2. The second-order valence-corrected chi connectivity index (χ2v) is 7.17. The molecule has 2 N–H and O–H groups in total. The molecule has 0 atom stereocenters. The largest absolute Gasteiger partial charge is 0.273 e. The van der Waals surface area contributed by atoms with Gasteiger partial charge in [0.25, 0.3) is 5.91 Å². The van der Waals surface area contributed by atoms with Crippen LogP contribution in [0.3, 0.4) is 0 Å². The summed E-state index contributed by atoms with van der Waals surface area (Å²) in [5.74, 6) is -1.14. The van der Waals surface area contributed by atoms with Gasteiger partial charge in [-0.15, -0.1) is 0 Å². The van der Waals surface area contributed by atoms with Gasteiger partial charge < -0.3 is 0 Å². The molecule has 32 heavy (non-hydrogen) atoms. The van der Waals surface area contributed by atoms with Crippen LogP contribution in [-0.2, 0) is 11.2 Å². The molecule has 0 saturated carbocycles. The fourth-order valence-corrected chi connectivity index (χ4v) is 3.23. The number of hydrazine groups is 1. The summed E-state index contributed by atoms with van der Waals surface area (Å²) in [6.07, 6.45) is 2.22. The van der Waals surface area contributed by atoms with E-state index in [0.29, 0.717) is 17.7 Å². The zero-order valence-corrected chi connectivity index (χ0v) is 17.2. The molecule has 1 aromatic heterocycles. The van der Waals surface area contributed by atoms with Crippen LogP contribution in [0.15, 0.2) is 91.1 Å². The zero-order chi connectivity index (χ0) is 22.3. The van der Waals surface area contributed by atoms with Gasteiger partial charge in [0.1, 0.15) is 11.5 Å². The van der Waals surface area contributed by atoms with Crippen LogP contribution in [0.5, 0.6) is 0 Å². The van der Waals surface area contributed by atoms with Crippen LogP contribution in [0.4, 0.5) is 4.39 Å². The van der Waals surface area contributed by atoms with Crippen LogP contribution in [0.2, 0.25) is 0 Å². The summed E-state index contributed by atoms with van der Waals surface area (Å²) in [5.41, 5.74) is 8.18. The molecule has 0 aliphatic carbocycles. The van der Waals surface area contributed by atoms with Crippen molar-refractivity contribution in [1.29, 1.82) is 0 Å². The predicted octanol–water partition coefficient (Wildman–Crippen LogP) is 4.07. The SMILES string of the molecule is O=C(CCc1ccc(F)cc1)NNC(=O)c1cn(-c2ccccc2)nc1-c1ccccc1. The molecule has 4 aromatic rings. The van der Waals surface area contributed by atoms with Gasteiger partial charge in [0.05, 0.1) is 11.3 Å². The molecule has 0 radical (unpaired) electrons. The first kappa shape index (κ1) is 21.0. The van der Waals surface area contributed by atoms with E-state index in [0.717, 1.165) is 16.8 Å². The highest BCUT2D eigenvalue weighted by Crippen LogP contribution is 2.23. The lowest BCUT2D eigenvalue weighted by Crippen LogP contribution is -2.41. The van der Waals surface area contributed by atoms with Crippen molar-refractivity contribution in [2.24, 2.45) is 0 Å². The van der Waals surface area contributed by atoms with Gasteiger partial charge in [-0.3, -0.25) is 20.4 Å². The van der Waals surface area contributed by atoms with Crippen LogP contribution >= 0.6 is 0 Å². The molecule has 7 heteroatoms. The number of para-hydroxylation sites is 1. The molecule has 4 rings (SSSR count). The monoisotopic (exact) mass is 428 g/mol. The number of hydrogen-bond acceptors (Lipinski definition) is 3. The molecule has 6 nitrogen and oxygen atoms in total. The van der Waals surface area contributed by atoms with E-state index in [1.165, 1.54) is 12.1 Å². The number of nitrogens with zero attached hydrogens (tertiary/aromatic N) is 2. The van der Waals surface area contributed by atoms with Gasteiger partial charge in [0.15, 0.2) is 0 Å². The molecular weight excluding hydrogens is 407 g/mol. The van der Waals surface area contributed by atoms with Gasteiger partial charge in [-0.25, -0.2) is 9.07 Å². The van der Waals surface area contributed by atoms with Crippen LogP contribution in [0, 0.1) is 5.82 Å². The molecule has 0 aliphatic rings. The van der Waals surface area contributed by atoms with Gasteiger partial charge in [-0.1, -0.05) is 60.7 Å². The lowest BCUT2D eigenvalue weighted by atomic mass is 10.1. The standard InChI is InChI=1S/C25H21FN4O2/c26-20-14-11-18(12-15-20)13-16-23(31)27-28-25(32)22-17-30(21-9-5-2-6-10-21)29-24(22)19-7-3-1-4-8-19/h1-12,14-15,17H,13,16H2,(H,27,31)(H,28,32). The fourth-order valence-electron chi connectivity index (χ4n) is 3.23. The second-order valence-electron chi connectivity index (χ2n) is 7.17. The Morgan fingerprint density at radius 1 is 0.844 bits per heavy atom. The van der Waals surface area contributed by atoms with E-state index >= 15 is 0 Å². The average Bonchev–Trinajstić information content (AvgIpc) is 3.29. The Hall–Kier alpha value is -4.26. The van der Waals surface area contributed by atoms with Crippen molar-refractivity contribution in [1.82, 2.24) is 20.6 Å². The molecule has 0 saturated heterocycles. The molecule has 2 amide bonds. The Morgan fingerprint density at radius 3 is 2.19 bits per heavy atom. The number of hydrogen-bond donors (Lipinski definition) is 2. The van der Waals surface area contributed by atoms with E-state index in [1.807, 2.05) is 60.7 Å². The van der Waals surface area contributed by atoms with Crippen LogP contribution in [-0.4, -0.2) is 21.6 Å². The molecule has 0 spiro atoms. The predicted molar refractivity (Wildman–Crippen MR) is 119 cm³/mol. The minimum absolute atomic E-state index is 0.154. The molecule has 0 bridgehead atoms. The van der Waals surface area contributed by atoms with Gasteiger partial charge in [0, 0.05) is 18.2 Å². The average molecular weight is 428 g/mol. The number of benzene rings is 3. The smallest absolute Gasteiger partial charge is 0.273 e. The van der Waals surface area contributed by atoms with Gasteiger partial charge >= 0.3 is 0 Å². The third kappa shape index (κ3) is 5.07. The topological polar surface area (TPSA) is 76.0 Å². The Kier molecular flexibility index (Phi) is 6.36. The highest BCUT2D eigenvalue weighted by atomic mass is 19.1. The summed E-state index contributed by atoms with van der Waals surface area (Å²) < 4.78 is 14.6. The number of nitrogens with one attached hydrogen (secondary N) is 2. The van der Waals surface area contributed by atoms with Gasteiger partial charge in [0.2, 0.25) is 5.91 Å². The van der Waals surface area contributed by atoms with Crippen LogP contribution in [0.25, 0.3) is 16.9 Å². The summed E-state index contributed by atoms with van der Waals surface area (Å²) in [5, 5.41) is 4.59. The molecule has 3 aromatic carbocycles. The summed E-state index contributed by atoms with van der Waals surface area (Å²) in [7, 11) is 0. The number of aryl methyl sites for hydroxylation is 1. The molecule has 0 aliphatic heterocycles. The number of carbonyl (C=O) groups is 2. The Morgan fingerprint density at radius 2 is 1.50 bits per heavy atom. The van der Waals surface area contributed by atoms with Crippen molar-refractivity contribution in [3.63, 3.8) is 0 Å². The van der Waals surface area contributed by atoms with Gasteiger partial charge in [-0.2, -0.15) is 5.10 Å². The minimum atomic E-state index is -0.471. The molecular formula is C25H21FN4O2. The summed E-state index contributed by atoms with van der Waals surface area (Å²) in [6.45, 7) is 0. The van der Waals surface area contributed by atoms with Crippen molar-refractivity contribution in [3.05, 3.63) is 108 Å². The molecule has 0 fully saturated rings. The third-order valence-electron chi connectivity index (χ3n) is 4.90. The second kappa shape index (κ2) is 9.70. The number of aromatic nitrogens is 2. The maximum Gasteiger partial charge on any atom is 0.273 e. The number of carbonyl (C=O) groups excluding carboxylic acids is 2. The molecule has 1 heterocycles. The van der Waals surface area contributed by atoms with Crippen molar-refractivity contribution in [2.45, 2.75) is 12.8 Å². The quantitative estimate of drug-likeness (QED) is 0.455. The lowest BCUT2D eigenvalue weighted by Gasteiger charge is -2.07. The van der Waals surface area contributed by atoms with Gasteiger partial charge in [-0.05, 0) is 36.2 Å². The van der Waals surface area contributed by atoms with E-state index in [4.69, 9.17) is 0 Å². The van der Waals surface area contributed by atoms with E-state index in [1.54, 1.807) is 23.0 Å². The highest BCUT2D eigenvalue weighted by molar-refractivity contribution is 6.00. The third-order valence-corrected chi connectivity index (χ3v) is 4.90. The van der Waals surface area contributed by atoms with Crippen LogP contribution in [0.1, 0.15) is 22.3 Å². The summed E-state index contributed by atoms with van der Waals surface area (Å²) in [6, 6.07) is 24.8. The Balaban J connectivity index is 1.46. The maximum atomic E-state index is 13.0. The minimum Gasteiger partial charge on any atom is -0.273 e. The molecule has 0 unspecified atom stereocenters. The van der Waals surface area contributed by atoms with Crippen molar-refractivity contribution in [3.8, 4) is 16.9 Å². The first-order chi connectivity index (χ1) is 15.6. The lowest BCUT2D eigenvalue weighted by molar-refractivity contribution is -0.121. The Bertz CT molecular complexity index is 1210. The van der Waals surface area contributed by atoms with E-state index < -0.39 is 5.91 Å². The normalized spacial score (nSPS) is 10.5. The fraction of sp³-hybridized carbons (Fsp3) is 0.0800. The summed E-state index contributed by atoms with van der Waals surface area (Å²) in [4.78, 5) is 25.1. The maximum absolute atomic E-state index is 13.0. The van der Waals surface area contributed by atoms with E-state index in [9.17, 15) is 14.0 Å². The molecule has 160 valence electrons.